The lowest BCUT2D eigenvalue weighted by Crippen LogP contribution is -2.54. The molecule has 1 unspecified atom stereocenters. The number of nitrogens with zero attached hydrogens (tertiary/aromatic N) is 1. The van der Waals surface area contributed by atoms with Gasteiger partial charge in [-0.2, -0.15) is 0 Å². The summed E-state index contributed by atoms with van der Waals surface area (Å²) in [5, 5.41) is 3.40. The minimum Gasteiger partial charge on any atom is -0.399 e. The number of nitrogens with two attached hydrogens (primary N) is 1. The van der Waals surface area contributed by atoms with Gasteiger partial charge in [-0.05, 0) is 49.9 Å². The molecule has 2 aliphatic heterocycles. The first kappa shape index (κ1) is 13.4. The normalized spacial score (nSPS) is 27.0. The first-order chi connectivity index (χ1) is 9.70. The number of carbonyl (C=O) groups is 1. The Morgan fingerprint density at radius 3 is 2.90 bits per heavy atom. The van der Waals surface area contributed by atoms with E-state index in [1.165, 1.54) is 0 Å². The molecule has 0 saturated carbocycles. The summed E-state index contributed by atoms with van der Waals surface area (Å²) in [4.78, 5) is 14.9. The van der Waals surface area contributed by atoms with Gasteiger partial charge in [0.15, 0.2) is 0 Å². The lowest BCUT2D eigenvalue weighted by atomic mass is 9.73. The molecule has 20 heavy (non-hydrogen) atoms. The number of amides is 1. The van der Waals surface area contributed by atoms with E-state index < -0.39 is 0 Å². The fourth-order valence-corrected chi connectivity index (χ4v) is 3.58. The van der Waals surface area contributed by atoms with E-state index in [-0.39, 0.29) is 5.41 Å². The summed E-state index contributed by atoms with van der Waals surface area (Å²) in [6, 6.07) is 7.85. The van der Waals surface area contributed by atoms with Gasteiger partial charge in [-0.25, -0.2) is 0 Å². The molecule has 1 aromatic carbocycles. The predicted octanol–water partition coefficient (Wildman–Crippen LogP) is 1.76. The molecular formula is C16H23N3O. The number of carbonyl (C=O) groups excluding carboxylic acids is 1. The van der Waals surface area contributed by atoms with Gasteiger partial charge in [0.2, 0.25) is 5.91 Å². The van der Waals surface area contributed by atoms with Crippen LogP contribution in [0, 0.1) is 5.41 Å². The third-order valence-corrected chi connectivity index (χ3v) is 4.62. The molecule has 108 valence electrons. The van der Waals surface area contributed by atoms with Crippen molar-refractivity contribution in [3.8, 4) is 0 Å². The molecule has 3 N–H and O–H groups in total. The zero-order chi connectivity index (χ0) is 14.0. The number of benzene rings is 1. The van der Waals surface area contributed by atoms with Crippen molar-refractivity contribution in [2.75, 3.05) is 25.4 Å². The topological polar surface area (TPSA) is 58.4 Å². The van der Waals surface area contributed by atoms with E-state index in [9.17, 15) is 4.79 Å². The van der Waals surface area contributed by atoms with Crippen LogP contribution in [0.15, 0.2) is 24.3 Å². The molecule has 1 spiro atoms. The second-order valence-electron chi connectivity index (χ2n) is 6.14. The van der Waals surface area contributed by atoms with Gasteiger partial charge in [0.1, 0.15) is 0 Å². The van der Waals surface area contributed by atoms with Crippen LogP contribution in [0.3, 0.4) is 0 Å². The summed E-state index contributed by atoms with van der Waals surface area (Å²) in [6.45, 7) is 3.45. The minimum absolute atomic E-state index is 0.142. The quantitative estimate of drug-likeness (QED) is 0.807. The summed E-state index contributed by atoms with van der Waals surface area (Å²) in [5.74, 6) is 0.332. The molecule has 0 aliphatic carbocycles. The molecule has 0 radical (unpaired) electrons. The Kier molecular flexibility index (Phi) is 3.66. The van der Waals surface area contributed by atoms with Crippen molar-refractivity contribution >= 4 is 11.6 Å². The third-order valence-electron chi connectivity index (χ3n) is 4.62. The molecule has 0 bridgehead atoms. The minimum atomic E-state index is -0.142. The average molecular weight is 273 g/mol. The molecule has 4 nitrogen and oxygen atoms in total. The highest BCUT2D eigenvalue weighted by molar-refractivity contribution is 5.84. The summed E-state index contributed by atoms with van der Waals surface area (Å²) >= 11 is 0. The maximum atomic E-state index is 12.8. The van der Waals surface area contributed by atoms with Crippen LogP contribution in [0.4, 0.5) is 5.69 Å². The van der Waals surface area contributed by atoms with E-state index in [0.29, 0.717) is 12.5 Å². The van der Waals surface area contributed by atoms with Gasteiger partial charge in [0, 0.05) is 25.3 Å². The molecule has 0 aromatic heterocycles. The molecule has 2 fully saturated rings. The van der Waals surface area contributed by atoms with Crippen molar-refractivity contribution in [2.24, 2.45) is 5.41 Å². The van der Waals surface area contributed by atoms with E-state index in [1.807, 2.05) is 29.2 Å². The number of likely N-dealkylation sites (tertiary alicyclic amines) is 1. The summed E-state index contributed by atoms with van der Waals surface area (Å²) < 4.78 is 0. The maximum absolute atomic E-state index is 12.8. The van der Waals surface area contributed by atoms with Crippen LogP contribution in [-0.4, -0.2) is 30.4 Å². The van der Waals surface area contributed by atoms with Crippen molar-refractivity contribution in [3.05, 3.63) is 29.8 Å². The highest BCUT2D eigenvalue weighted by atomic mass is 16.2. The number of rotatable bonds is 2. The first-order valence-corrected chi connectivity index (χ1v) is 7.54. The summed E-state index contributed by atoms with van der Waals surface area (Å²) in [6.07, 6.45) is 4.28. The number of nitrogens with one attached hydrogen (secondary N) is 1. The van der Waals surface area contributed by atoms with Gasteiger partial charge in [-0.15, -0.1) is 0 Å². The number of piperidine rings is 2. The fourth-order valence-electron chi connectivity index (χ4n) is 3.58. The van der Waals surface area contributed by atoms with Gasteiger partial charge in [0.05, 0.1) is 5.41 Å². The smallest absolute Gasteiger partial charge is 0.230 e. The van der Waals surface area contributed by atoms with Gasteiger partial charge in [0.25, 0.3) is 0 Å². The number of nitrogen functional groups attached to an aromatic ring is 1. The van der Waals surface area contributed by atoms with Crippen molar-refractivity contribution < 1.29 is 4.79 Å². The molecule has 2 heterocycles. The van der Waals surface area contributed by atoms with Crippen LogP contribution >= 0.6 is 0 Å². The Balaban J connectivity index is 1.75. The lowest BCUT2D eigenvalue weighted by molar-refractivity contribution is -0.148. The standard InChI is InChI=1S/C16H23N3O/c17-14-5-1-4-13(10-14)11-19-9-3-7-16(15(19)20)6-2-8-18-12-16/h1,4-5,10,18H,2-3,6-9,11-12,17H2. The molecule has 1 amide bonds. The van der Waals surface area contributed by atoms with E-state index >= 15 is 0 Å². The predicted molar refractivity (Wildman–Crippen MR) is 80.0 cm³/mol. The van der Waals surface area contributed by atoms with Crippen molar-refractivity contribution in [2.45, 2.75) is 32.2 Å². The van der Waals surface area contributed by atoms with Crippen LogP contribution in [0.1, 0.15) is 31.2 Å². The number of hydrogen-bond donors (Lipinski definition) is 2. The molecule has 1 aromatic rings. The highest BCUT2D eigenvalue weighted by Crippen LogP contribution is 2.37. The Bertz CT molecular complexity index is 489. The second-order valence-corrected chi connectivity index (χ2v) is 6.14. The lowest BCUT2D eigenvalue weighted by Gasteiger charge is -2.44. The van der Waals surface area contributed by atoms with Crippen LogP contribution in [-0.2, 0) is 11.3 Å². The van der Waals surface area contributed by atoms with Gasteiger partial charge in [-0.3, -0.25) is 4.79 Å². The van der Waals surface area contributed by atoms with Crippen molar-refractivity contribution in [3.63, 3.8) is 0 Å². The van der Waals surface area contributed by atoms with E-state index in [0.717, 1.165) is 56.6 Å². The molecular weight excluding hydrogens is 250 g/mol. The third kappa shape index (κ3) is 2.52. The fraction of sp³-hybridized carbons (Fsp3) is 0.562. The van der Waals surface area contributed by atoms with Crippen molar-refractivity contribution in [1.82, 2.24) is 10.2 Å². The Hall–Kier alpha value is -1.55. The van der Waals surface area contributed by atoms with E-state index in [4.69, 9.17) is 5.73 Å². The molecule has 4 heteroatoms. The van der Waals surface area contributed by atoms with Crippen molar-refractivity contribution in [1.29, 1.82) is 0 Å². The first-order valence-electron chi connectivity index (χ1n) is 7.54. The highest BCUT2D eigenvalue weighted by Gasteiger charge is 2.44. The Labute approximate surface area is 120 Å². The molecule has 3 rings (SSSR count). The molecule has 2 saturated heterocycles. The second kappa shape index (κ2) is 5.44. The SMILES string of the molecule is Nc1cccc(CN2CCCC3(CCCNC3)C2=O)c1. The number of hydrogen-bond acceptors (Lipinski definition) is 3. The van der Waals surface area contributed by atoms with E-state index in [2.05, 4.69) is 5.32 Å². The Morgan fingerprint density at radius 2 is 2.15 bits per heavy atom. The van der Waals surface area contributed by atoms with Crippen LogP contribution in [0.25, 0.3) is 0 Å². The zero-order valence-corrected chi connectivity index (χ0v) is 11.9. The number of anilines is 1. The Morgan fingerprint density at radius 1 is 1.30 bits per heavy atom. The van der Waals surface area contributed by atoms with Crippen LogP contribution < -0.4 is 11.1 Å². The average Bonchev–Trinajstić information content (AvgIpc) is 2.45. The summed E-state index contributed by atoms with van der Waals surface area (Å²) in [7, 11) is 0. The monoisotopic (exact) mass is 273 g/mol. The molecule has 2 aliphatic rings. The van der Waals surface area contributed by atoms with Crippen LogP contribution in [0.5, 0.6) is 0 Å². The van der Waals surface area contributed by atoms with E-state index in [1.54, 1.807) is 0 Å². The zero-order valence-electron chi connectivity index (χ0n) is 11.9. The van der Waals surface area contributed by atoms with Gasteiger partial charge >= 0.3 is 0 Å². The van der Waals surface area contributed by atoms with Crippen LogP contribution in [0.2, 0.25) is 0 Å². The van der Waals surface area contributed by atoms with Gasteiger partial charge < -0.3 is 16.0 Å². The molecule has 1 atom stereocenters. The van der Waals surface area contributed by atoms with Gasteiger partial charge in [-0.1, -0.05) is 12.1 Å². The maximum Gasteiger partial charge on any atom is 0.230 e. The summed E-state index contributed by atoms with van der Waals surface area (Å²) in [5.41, 5.74) is 7.57. The largest absolute Gasteiger partial charge is 0.399 e.